The van der Waals surface area contributed by atoms with Crippen LogP contribution in [0.3, 0.4) is 0 Å². The van der Waals surface area contributed by atoms with E-state index in [1.807, 2.05) is 46.8 Å². The van der Waals surface area contributed by atoms with Crippen LogP contribution in [0.25, 0.3) is 0 Å². The second-order valence-corrected chi connectivity index (χ2v) is 18.0. The first-order valence-corrected chi connectivity index (χ1v) is 21.9. The fourth-order valence-electron chi connectivity index (χ4n) is 9.63. The van der Waals surface area contributed by atoms with Crippen molar-refractivity contribution in [3.05, 3.63) is 36.0 Å². The van der Waals surface area contributed by atoms with Gasteiger partial charge in [-0.3, -0.25) is 14.4 Å². The minimum Gasteiger partial charge on any atom is -0.456 e. The van der Waals surface area contributed by atoms with Crippen molar-refractivity contribution in [3.8, 4) is 0 Å². The molecule has 1 saturated carbocycles. The molecule has 0 aromatic heterocycles. The Morgan fingerprint density at radius 3 is 2.29 bits per heavy atom. The largest absolute Gasteiger partial charge is 0.456 e. The van der Waals surface area contributed by atoms with E-state index in [2.05, 4.69) is 6.58 Å². The number of ether oxygens (including phenoxy) is 5. The van der Waals surface area contributed by atoms with E-state index in [9.17, 15) is 34.5 Å². The number of allylic oxidation sites excluding steroid dienone is 3. The zero-order chi connectivity index (χ0) is 43.8. The summed E-state index contributed by atoms with van der Waals surface area (Å²) in [5.74, 6) is -7.67. The number of carbonyl (C=O) groups excluding carboxylic acids is 4. The van der Waals surface area contributed by atoms with E-state index in [0.29, 0.717) is 56.9 Å². The number of nitrogens with zero attached hydrogens (tertiary/aromatic N) is 1. The number of ketones is 2. The summed E-state index contributed by atoms with van der Waals surface area (Å²) in [6.07, 6.45) is 4.85. The first-order chi connectivity index (χ1) is 27.9. The van der Waals surface area contributed by atoms with Gasteiger partial charge in [-0.25, -0.2) is 4.79 Å². The number of esters is 1. The van der Waals surface area contributed by atoms with Crippen LogP contribution < -0.4 is 0 Å². The van der Waals surface area contributed by atoms with Gasteiger partial charge in [-0.05, 0) is 102 Å². The quantitative estimate of drug-likeness (QED) is 0.161. The Hall–Kier alpha value is -2.78. The maximum absolute atomic E-state index is 14.4. The Balaban J connectivity index is 1.74. The minimum absolute atomic E-state index is 0.0293. The van der Waals surface area contributed by atoms with Gasteiger partial charge in [0.05, 0.1) is 36.6 Å². The summed E-state index contributed by atoms with van der Waals surface area (Å²) in [7, 11) is 3.06. The van der Waals surface area contributed by atoms with Crippen LogP contribution in [0, 0.1) is 29.6 Å². The summed E-state index contributed by atoms with van der Waals surface area (Å²) >= 11 is 0. The molecule has 13 heteroatoms. The van der Waals surface area contributed by atoms with Gasteiger partial charge in [0, 0.05) is 44.9 Å². The molecule has 59 heavy (non-hydrogen) atoms. The molecule has 334 valence electrons. The smallest absolute Gasteiger partial charge is 0.329 e. The molecule has 0 aromatic carbocycles. The van der Waals surface area contributed by atoms with Crippen molar-refractivity contribution < 1.29 is 58.2 Å². The highest BCUT2D eigenvalue weighted by atomic mass is 16.7. The lowest BCUT2D eigenvalue weighted by molar-refractivity contribution is -0.302. The Bertz CT molecular complexity index is 1530. The van der Waals surface area contributed by atoms with Gasteiger partial charge < -0.3 is 43.9 Å². The van der Waals surface area contributed by atoms with Crippen LogP contribution in [0.1, 0.15) is 119 Å². The van der Waals surface area contributed by atoms with Crippen LogP contribution in [0.4, 0.5) is 0 Å². The zero-order valence-electron chi connectivity index (χ0n) is 37.0. The SMILES string of the molecule is C=CC(C)O[C@@H]1CC[C@@H](/C=C(\C)[C@H]2OC(=O)[C@@H]3CCCCN3C(=O)C(=O)C3(O)O[C@H]([C@@H](OC)C[C@@H](C)C/C(C)=C/[C@@H](CC)C(=O)C[C@H](O)[C@H]2C)[C@@H](OC)C[C@@H]3C)C[C@H]1O. The molecule has 2 saturated heterocycles. The minimum atomic E-state index is -2.51. The number of rotatable bonds is 8. The average molecular weight is 832 g/mol. The molecule has 1 aliphatic carbocycles. The van der Waals surface area contributed by atoms with E-state index in [-0.39, 0.29) is 55.6 Å². The van der Waals surface area contributed by atoms with Crippen molar-refractivity contribution in [3.63, 3.8) is 0 Å². The Kier molecular flexibility index (Phi) is 18.1. The van der Waals surface area contributed by atoms with Gasteiger partial charge in [-0.15, -0.1) is 6.58 Å². The number of carbonyl (C=O) groups is 4. The second kappa shape index (κ2) is 21.8. The molecule has 3 aliphatic heterocycles. The van der Waals surface area contributed by atoms with Crippen molar-refractivity contribution in [2.45, 2.75) is 180 Å². The number of aliphatic hydroxyl groups is 3. The molecule has 4 rings (SSSR count). The predicted octanol–water partition coefficient (Wildman–Crippen LogP) is 5.42. The standard InChI is InChI=1S/C46H73NO12/c1-11-30(7)57-38-17-16-32(24-37(38)50)22-28(5)41-31(8)35(48)25-36(49)33(12-2)20-26(3)19-27(4)21-39(55-9)42-40(56-10)23-29(6)46(54,59-42)43(51)44(52)47-18-14-13-15-34(47)45(53)58-41/h11,20,22,27,29-35,37-42,48,50,54H,1,12-19,21,23-25H2,2-10H3/b26-20+,28-22+/t27-,29-,30?,31+,32-,33+,34-,35-,37+,38+,39-,40-,41+,42+,46?/m0/s1. The normalized spacial score (nSPS) is 40.5. The van der Waals surface area contributed by atoms with Crippen LogP contribution in [-0.4, -0.2) is 125 Å². The summed E-state index contributed by atoms with van der Waals surface area (Å²) in [5, 5.41) is 34.7. The van der Waals surface area contributed by atoms with E-state index in [1.165, 1.54) is 19.1 Å². The first-order valence-electron chi connectivity index (χ1n) is 21.9. The van der Waals surface area contributed by atoms with Gasteiger partial charge in [-0.1, -0.05) is 51.5 Å². The Morgan fingerprint density at radius 1 is 0.983 bits per heavy atom. The third-order valence-corrected chi connectivity index (χ3v) is 13.3. The topological polar surface area (TPSA) is 178 Å². The molecule has 13 nitrogen and oxygen atoms in total. The fraction of sp³-hybridized carbons (Fsp3) is 0.783. The molecule has 3 N–H and O–H groups in total. The highest BCUT2D eigenvalue weighted by molar-refractivity contribution is 6.39. The van der Waals surface area contributed by atoms with E-state index in [4.69, 9.17) is 23.7 Å². The van der Waals surface area contributed by atoms with E-state index < -0.39 is 83.9 Å². The number of aliphatic hydroxyl groups excluding tert-OH is 2. The number of fused-ring (bicyclic) bond motifs is 3. The summed E-state index contributed by atoms with van der Waals surface area (Å²) in [6, 6.07) is -1.15. The van der Waals surface area contributed by atoms with E-state index in [0.717, 1.165) is 5.57 Å². The van der Waals surface area contributed by atoms with Crippen molar-refractivity contribution >= 4 is 23.4 Å². The maximum atomic E-state index is 14.4. The monoisotopic (exact) mass is 832 g/mol. The fourth-order valence-corrected chi connectivity index (χ4v) is 9.63. The number of cyclic esters (lactones) is 1. The van der Waals surface area contributed by atoms with Gasteiger partial charge in [0.25, 0.3) is 11.7 Å². The lowest BCUT2D eigenvalue weighted by Crippen LogP contribution is -2.64. The third kappa shape index (κ3) is 12.0. The predicted molar refractivity (Wildman–Crippen MR) is 222 cm³/mol. The molecule has 4 aliphatic rings. The number of hydrogen-bond donors (Lipinski definition) is 3. The van der Waals surface area contributed by atoms with Crippen LogP contribution in [0.5, 0.6) is 0 Å². The Morgan fingerprint density at radius 2 is 1.66 bits per heavy atom. The number of hydrogen-bond acceptors (Lipinski definition) is 12. The summed E-state index contributed by atoms with van der Waals surface area (Å²) in [4.78, 5) is 57.9. The van der Waals surface area contributed by atoms with Gasteiger partial charge in [-0.2, -0.15) is 0 Å². The highest BCUT2D eigenvalue weighted by Crippen LogP contribution is 2.39. The molecule has 0 radical (unpaired) electrons. The summed E-state index contributed by atoms with van der Waals surface area (Å²) in [5.41, 5.74) is 1.63. The molecule has 3 heterocycles. The summed E-state index contributed by atoms with van der Waals surface area (Å²) < 4.78 is 30.2. The van der Waals surface area contributed by atoms with E-state index >= 15 is 0 Å². The highest BCUT2D eigenvalue weighted by Gasteiger charge is 2.56. The van der Waals surface area contributed by atoms with Crippen molar-refractivity contribution in [2.24, 2.45) is 29.6 Å². The van der Waals surface area contributed by atoms with Crippen molar-refractivity contribution in [1.29, 1.82) is 0 Å². The third-order valence-electron chi connectivity index (χ3n) is 13.3. The molecule has 3 fully saturated rings. The molecule has 2 bridgehead atoms. The van der Waals surface area contributed by atoms with Gasteiger partial charge in [0.15, 0.2) is 0 Å². The molecule has 0 aromatic rings. The second-order valence-electron chi connectivity index (χ2n) is 18.0. The number of piperidine rings is 1. The molecule has 1 amide bonds. The molecular weight excluding hydrogens is 759 g/mol. The molecular formula is C46H73NO12. The lowest BCUT2D eigenvalue weighted by Gasteiger charge is -2.47. The average Bonchev–Trinajstić information content (AvgIpc) is 3.21. The lowest BCUT2D eigenvalue weighted by atomic mass is 9.81. The van der Waals surface area contributed by atoms with Gasteiger partial charge in [0.1, 0.15) is 24.0 Å². The van der Waals surface area contributed by atoms with Gasteiger partial charge >= 0.3 is 5.97 Å². The van der Waals surface area contributed by atoms with Crippen molar-refractivity contribution in [1.82, 2.24) is 4.90 Å². The molecule has 15 atom stereocenters. The van der Waals surface area contributed by atoms with Crippen LogP contribution >= 0.6 is 0 Å². The first kappa shape index (κ1) is 48.9. The number of methoxy groups -OCH3 is 2. The maximum Gasteiger partial charge on any atom is 0.329 e. The number of amides is 1. The van der Waals surface area contributed by atoms with E-state index in [1.54, 1.807) is 19.9 Å². The van der Waals surface area contributed by atoms with Crippen molar-refractivity contribution in [2.75, 3.05) is 20.8 Å². The Labute approximate surface area is 351 Å². The zero-order valence-corrected chi connectivity index (χ0v) is 37.0. The van der Waals surface area contributed by atoms with Crippen LogP contribution in [-0.2, 0) is 42.9 Å². The summed E-state index contributed by atoms with van der Waals surface area (Å²) in [6.45, 7) is 16.9. The number of Topliss-reactive ketones (excluding diaryl/α,β-unsaturated/α-hetero) is 2. The molecule has 0 spiro atoms. The molecule has 2 unspecified atom stereocenters. The van der Waals surface area contributed by atoms with Crippen LogP contribution in [0.15, 0.2) is 36.0 Å². The van der Waals surface area contributed by atoms with Crippen LogP contribution in [0.2, 0.25) is 0 Å². The van der Waals surface area contributed by atoms with Gasteiger partial charge in [0.2, 0.25) is 5.79 Å².